The molecule has 4 rings (SSSR count). The van der Waals surface area contributed by atoms with Crippen molar-refractivity contribution in [3.8, 4) is 5.75 Å². The maximum absolute atomic E-state index is 13.8. The summed E-state index contributed by atoms with van der Waals surface area (Å²) >= 11 is 33.1. The predicted octanol–water partition coefficient (Wildman–Crippen LogP) is 11.9. The number of thioether (sulfide) groups is 1. The van der Waals surface area contributed by atoms with Gasteiger partial charge >= 0.3 is 0 Å². The number of hydrazine groups is 1. The zero-order valence-electron chi connectivity index (χ0n) is 26.9. The summed E-state index contributed by atoms with van der Waals surface area (Å²) in [5.41, 5.74) is 6.56. The first-order valence-electron chi connectivity index (χ1n) is 15.4. The Bertz CT molecular complexity index is 1590. The molecule has 1 heterocycles. The van der Waals surface area contributed by atoms with E-state index in [0.717, 1.165) is 31.4 Å². The molecule has 248 valence electrons. The molecule has 0 aromatic heterocycles. The fraction of sp³-hybridized carbons (Fsp3) is 0.429. The Kier molecular flexibility index (Phi) is 12.6. The number of benzene rings is 3. The van der Waals surface area contributed by atoms with Crippen LogP contribution in [0.3, 0.4) is 0 Å². The summed E-state index contributed by atoms with van der Waals surface area (Å²) in [4.78, 5) is 18.5. The lowest BCUT2D eigenvalue weighted by atomic mass is 9.76. The summed E-state index contributed by atoms with van der Waals surface area (Å²) in [6, 6.07) is 14.7. The van der Waals surface area contributed by atoms with Crippen molar-refractivity contribution in [3.63, 3.8) is 0 Å². The number of nitrogens with one attached hydrogen (secondary N) is 1. The zero-order valence-corrected chi connectivity index (χ0v) is 31.5. The number of halogens is 5. The van der Waals surface area contributed by atoms with Gasteiger partial charge in [0.2, 0.25) is 0 Å². The van der Waals surface area contributed by atoms with Crippen LogP contribution in [0.1, 0.15) is 78.4 Å². The number of aliphatic imine (C=N–C) groups is 1. The van der Waals surface area contributed by atoms with Crippen LogP contribution < -0.4 is 15.2 Å². The van der Waals surface area contributed by atoms with Crippen molar-refractivity contribution < 1.29 is 9.53 Å². The highest BCUT2D eigenvalue weighted by Crippen LogP contribution is 2.40. The molecule has 1 unspecified atom stereocenters. The topological polar surface area (TPSA) is 53.9 Å². The molecule has 1 aliphatic rings. The van der Waals surface area contributed by atoms with E-state index in [4.69, 9.17) is 67.7 Å². The van der Waals surface area contributed by atoms with Gasteiger partial charge in [0.1, 0.15) is 22.5 Å². The Morgan fingerprint density at radius 1 is 0.848 bits per heavy atom. The normalized spacial score (nSPS) is 16.3. The highest BCUT2D eigenvalue weighted by atomic mass is 35.5. The molecule has 1 saturated heterocycles. The number of amidine groups is 1. The van der Waals surface area contributed by atoms with Crippen molar-refractivity contribution in [2.45, 2.75) is 83.3 Å². The van der Waals surface area contributed by atoms with Crippen LogP contribution in [-0.4, -0.2) is 29.4 Å². The van der Waals surface area contributed by atoms with E-state index >= 15 is 0 Å². The lowest BCUT2D eigenvalue weighted by Crippen LogP contribution is -2.36. The number of hydrogen-bond donors (Lipinski definition) is 1. The fourth-order valence-corrected chi connectivity index (χ4v) is 7.45. The molecule has 11 heteroatoms. The van der Waals surface area contributed by atoms with E-state index in [0.29, 0.717) is 44.6 Å². The van der Waals surface area contributed by atoms with E-state index in [1.54, 1.807) is 18.2 Å². The second-order valence-electron chi connectivity index (χ2n) is 12.6. The molecule has 0 bridgehead atoms. The maximum atomic E-state index is 13.8. The minimum Gasteiger partial charge on any atom is -0.493 e. The van der Waals surface area contributed by atoms with E-state index in [9.17, 15) is 4.79 Å². The number of hydrogen-bond acceptors (Lipinski definition) is 4. The van der Waals surface area contributed by atoms with Gasteiger partial charge in [-0.2, -0.15) is 0 Å². The van der Waals surface area contributed by atoms with Gasteiger partial charge in [0, 0.05) is 15.6 Å². The van der Waals surface area contributed by atoms with Crippen LogP contribution in [0.5, 0.6) is 5.75 Å². The van der Waals surface area contributed by atoms with Gasteiger partial charge in [-0.15, -0.1) is 11.8 Å². The van der Waals surface area contributed by atoms with Crippen LogP contribution in [0.15, 0.2) is 53.5 Å². The molecule has 0 aliphatic carbocycles. The van der Waals surface area contributed by atoms with Crippen molar-refractivity contribution in [2.24, 2.45) is 4.99 Å². The molecule has 46 heavy (non-hydrogen) atoms. The Balaban J connectivity index is 1.46. The quantitative estimate of drug-likeness (QED) is 0.177. The first-order chi connectivity index (χ1) is 21.7. The monoisotopic (exact) mass is 741 g/mol. The fourth-order valence-electron chi connectivity index (χ4n) is 4.90. The number of anilines is 1. The van der Waals surface area contributed by atoms with E-state index in [-0.39, 0.29) is 26.8 Å². The number of unbranched alkanes of at least 4 members (excludes halogenated alkanes) is 1. The van der Waals surface area contributed by atoms with Gasteiger partial charge in [-0.05, 0) is 84.2 Å². The van der Waals surface area contributed by atoms with E-state index in [1.807, 2.05) is 0 Å². The SMILES string of the molecule is CCC(C)(C)c1ccc(OCCCCSC2C(=O)N(c3c(Cl)cc(Cl)cc3Cl)NC2=Nc2ccc(Cl)cc2Cl)c(C(C)(C)CC)c1. The molecular formula is C35H40Cl5N3O2S. The number of ether oxygens (including phenoxy) is 1. The van der Waals surface area contributed by atoms with Crippen LogP contribution >= 0.6 is 69.8 Å². The summed E-state index contributed by atoms with van der Waals surface area (Å²) in [5.74, 6) is 1.80. The number of rotatable bonds is 13. The van der Waals surface area contributed by atoms with Crippen molar-refractivity contribution in [1.82, 2.24) is 5.43 Å². The van der Waals surface area contributed by atoms with Crippen molar-refractivity contribution in [2.75, 3.05) is 17.4 Å². The van der Waals surface area contributed by atoms with E-state index in [1.165, 1.54) is 40.0 Å². The Morgan fingerprint density at radius 2 is 1.50 bits per heavy atom. The highest BCUT2D eigenvalue weighted by Gasteiger charge is 2.40. The van der Waals surface area contributed by atoms with Gasteiger partial charge in [0.25, 0.3) is 5.91 Å². The Hall–Kier alpha value is -1.80. The summed E-state index contributed by atoms with van der Waals surface area (Å²) in [7, 11) is 0. The third kappa shape index (κ3) is 8.61. The molecule has 0 saturated carbocycles. The van der Waals surface area contributed by atoms with Gasteiger partial charge < -0.3 is 4.74 Å². The average Bonchev–Trinajstić information content (AvgIpc) is 3.29. The Labute approximate surface area is 302 Å². The second kappa shape index (κ2) is 15.6. The molecule has 1 N–H and O–H groups in total. The minimum absolute atomic E-state index is 0.00861. The number of nitrogens with zero attached hydrogens (tertiary/aromatic N) is 2. The molecule has 3 aromatic carbocycles. The van der Waals surface area contributed by atoms with E-state index < -0.39 is 5.25 Å². The van der Waals surface area contributed by atoms with Crippen LogP contribution in [0, 0.1) is 0 Å². The van der Waals surface area contributed by atoms with Crippen molar-refractivity contribution in [1.29, 1.82) is 0 Å². The molecule has 0 radical (unpaired) electrons. The number of amides is 1. The Morgan fingerprint density at radius 3 is 2.13 bits per heavy atom. The van der Waals surface area contributed by atoms with Crippen LogP contribution in [-0.2, 0) is 15.6 Å². The highest BCUT2D eigenvalue weighted by molar-refractivity contribution is 8.01. The maximum Gasteiger partial charge on any atom is 0.266 e. The summed E-state index contributed by atoms with van der Waals surface area (Å²) in [6.45, 7) is 14.1. The molecule has 0 spiro atoms. The van der Waals surface area contributed by atoms with Crippen LogP contribution in [0.2, 0.25) is 25.1 Å². The largest absolute Gasteiger partial charge is 0.493 e. The standard InChI is InChI=1S/C35H40Cl5N3O2S/c1-7-34(3,4)21-11-14-29(24(17-21)35(5,6)8-2)45-15-9-10-16-46-31-32(41-28-13-12-22(36)18-25(28)38)42-43(33(31)44)30-26(39)19-23(37)20-27(30)40/h11-14,17-20,31H,7-10,15-16H2,1-6H3,(H,41,42). The number of carbonyl (C=O) groups excluding carboxylic acids is 1. The van der Waals surface area contributed by atoms with Crippen molar-refractivity contribution >= 4 is 92.9 Å². The minimum atomic E-state index is -0.637. The smallest absolute Gasteiger partial charge is 0.266 e. The third-order valence-corrected chi connectivity index (χ3v) is 11.2. The lowest BCUT2D eigenvalue weighted by molar-refractivity contribution is -0.116. The van der Waals surface area contributed by atoms with Gasteiger partial charge in [0.15, 0.2) is 0 Å². The van der Waals surface area contributed by atoms with Crippen molar-refractivity contribution in [3.05, 3.63) is 84.8 Å². The second-order valence-corrected chi connectivity index (χ2v) is 15.9. The van der Waals surface area contributed by atoms with E-state index in [2.05, 4.69) is 65.2 Å². The number of carbonyl (C=O) groups is 1. The molecule has 1 amide bonds. The molecule has 1 atom stereocenters. The molecule has 1 fully saturated rings. The molecular weight excluding hydrogens is 704 g/mol. The van der Waals surface area contributed by atoms with Crippen LogP contribution in [0.25, 0.3) is 0 Å². The first-order valence-corrected chi connectivity index (χ1v) is 18.3. The van der Waals surface area contributed by atoms with Gasteiger partial charge in [-0.25, -0.2) is 10.0 Å². The van der Waals surface area contributed by atoms with Gasteiger partial charge in [0.05, 0.1) is 27.4 Å². The predicted molar refractivity (Wildman–Crippen MR) is 200 cm³/mol. The van der Waals surface area contributed by atoms with Gasteiger partial charge in [-0.1, -0.05) is 112 Å². The molecule has 1 aliphatic heterocycles. The van der Waals surface area contributed by atoms with Gasteiger partial charge in [-0.3, -0.25) is 10.2 Å². The lowest BCUT2D eigenvalue weighted by Gasteiger charge is -2.30. The first kappa shape index (κ1) is 37.0. The third-order valence-electron chi connectivity index (χ3n) is 8.61. The molecule has 5 nitrogen and oxygen atoms in total. The van der Waals surface area contributed by atoms with Crippen LogP contribution in [0.4, 0.5) is 11.4 Å². The summed E-state index contributed by atoms with van der Waals surface area (Å²) < 4.78 is 6.37. The average molecular weight is 744 g/mol. The summed E-state index contributed by atoms with van der Waals surface area (Å²) in [5, 5.41) is 2.39. The molecule has 3 aromatic rings. The zero-order chi connectivity index (χ0) is 33.8. The summed E-state index contributed by atoms with van der Waals surface area (Å²) in [6.07, 6.45) is 3.73.